The molecule has 0 aliphatic carbocycles. The molecule has 1 saturated heterocycles. The third-order valence-corrected chi connectivity index (χ3v) is 6.27. The van der Waals surface area contributed by atoms with Gasteiger partial charge in [-0.25, -0.2) is 9.40 Å². The molecule has 0 aromatic heterocycles. The first-order chi connectivity index (χ1) is 15.3. The predicted molar refractivity (Wildman–Crippen MR) is 122 cm³/mol. The van der Waals surface area contributed by atoms with Crippen molar-refractivity contribution in [2.24, 2.45) is 5.10 Å². The van der Waals surface area contributed by atoms with Crippen molar-refractivity contribution in [1.29, 1.82) is 0 Å². The number of amides is 2. The Labute approximate surface area is 188 Å². The van der Waals surface area contributed by atoms with Crippen molar-refractivity contribution >= 4 is 17.5 Å². The lowest BCUT2D eigenvalue weighted by Crippen LogP contribution is -2.50. The largest absolute Gasteiger partial charge is 0.340 e. The molecule has 1 fully saturated rings. The molecule has 0 saturated carbocycles. The summed E-state index contributed by atoms with van der Waals surface area (Å²) in [7, 11) is 0. The first kappa shape index (κ1) is 22.1. The van der Waals surface area contributed by atoms with E-state index in [-0.39, 0.29) is 30.2 Å². The summed E-state index contributed by atoms with van der Waals surface area (Å²) in [5, 5.41) is 6.26. The van der Waals surface area contributed by atoms with Gasteiger partial charge in [-0.3, -0.25) is 14.5 Å². The van der Waals surface area contributed by atoms with Gasteiger partial charge in [-0.05, 0) is 37.1 Å². The molecule has 2 amide bonds. The molecule has 6 nitrogen and oxygen atoms in total. The number of nitrogens with zero attached hydrogens (tertiary/aromatic N) is 4. The van der Waals surface area contributed by atoms with E-state index in [1.165, 1.54) is 22.7 Å². The second-order valence-corrected chi connectivity index (χ2v) is 8.66. The molecular formula is C25H29FN4O2. The molecule has 1 atom stereocenters. The summed E-state index contributed by atoms with van der Waals surface area (Å²) in [6, 6.07) is 12.3. The van der Waals surface area contributed by atoms with Gasteiger partial charge in [0.15, 0.2) is 0 Å². The van der Waals surface area contributed by atoms with Crippen molar-refractivity contribution in [1.82, 2.24) is 14.8 Å². The average molecular weight is 437 g/mol. The lowest BCUT2D eigenvalue weighted by Gasteiger charge is -2.34. The van der Waals surface area contributed by atoms with Crippen LogP contribution >= 0.6 is 0 Å². The number of benzene rings is 2. The topological polar surface area (TPSA) is 56.2 Å². The Balaban J connectivity index is 1.57. The third-order valence-electron chi connectivity index (χ3n) is 6.27. The fourth-order valence-electron chi connectivity index (χ4n) is 4.50. The number of carbonyl (C=O) groups excluding carboxylic acids is 2. The molecule has 0 N–H and O–H groups in total. The number of hydrogen-bond acceptors (Lipinski definition) is 4. The first-order valence-corrected chi connectivity index (χ1v) is 11.0. The van der Waals surface area contributed by atoms with Crippen LogP contribution in [0.25, 0.3) is 0 Å². The van der Waals surface area contributed by atoms with Gasteiger partial charge in [0.1, 0.15) is 5.82 Å². The first-order valence-electron chi connectivity index (χ1n) is 11.0. The second-order valence-electron chi connectivity index (χ2n) is 8.66. The molecule has 2 aliphatic rings. The lowest BCUT2D eigenvalue weighted by atomic mass is 9.95. The molecule has 1 unspecified atom stereocenters. The highest BCUT2D eigenvalue weighted by molar-refractivity contribution is 6.04. The van der Waals surface area contributed by atoms with Gasteiger partial charge in [-0.15, -0.1) is 0 Å². The molecule has 0 bridgehead atoms. The molecule has 168 valence electrons. The molecule has 0 radical (unpaired) electrons. The maximum absolute atomic E-state index is 14.0. The number of piperazine rings is 1. The van der Waals surface area contributed by atoms with E-state index in [0.717, 1.165) is 22.4 Å². The predicted octanol–water partition coefficient (Wildman–Crippen LogP) is 3.28. The van der Waals surface area contributed by atoms with Gasteiger partial charge in [0.25, 0.3) is 5.91 Å². The van der Waals surface area contributed by atoms with Gasteiger partial charge < -0.3 is 4.90 Å². The minimum atomic E-state index is -0.340. The van der Waals surface area contributed by atoms with Crippen LogP contribution in [0.2, 0.25) is 0 Å². The summed E-state index contributed by atoms with van der Waals surface area (Å²) in [6.07, 6.45) is 0.539. The summed E-state index contributed by atoms with van der Waals surface area (Å²) in [5.74, 6) is -0.380. The third kappa shape index (κ3) is 4.72. The summed E-state index contributed by atoms with van der Waals surface area (Å²) in [5.41, 5.74) is 4.87. The van der Waals surface area contributed by atoms with E-state index in [2.05, 4.69) is 11.0 Å². The highest BCUT2D eigenvalue weighted by Gasteiger charge is 2.34. The van der Waals surface area contributed by atoms with Crippen LogP contribution in [0, 0.1) is 19.7 Å². The van der Waals surface area contributed by atoms with Crippen LogP contribution in [0.1, 0.15) is 41.6 Å². The van der Waals surface area contributed by atoms with Gasteiger partial charge in [-0.2, -0.15) is 5.10 Å². The van der Waals surface area contributed by atoms with Crippen LogP contribution in [-0.4, -0.2) is 65.1 Å². The van der Waals surface area contributed by atoms with Crippen LogP contribution in [0.4, 0.5) is 4.39 Å². The molecule has 0 spiro atoms. The van der Waals surface area contributed by atoms with Crippen LogP contribution in [-0.2, 0) is 9.59 Å². The molecule has 2 aromatic rings. The van der Waals surface area contributed by atoms with Crippen molar-refractivity contribution in [3.8, 4) is 0 Å². The van der Waals surface area contributed by atoms with Gasteiger partial charge >= 0.3 is 0 Å². The van der Waals surface area contributed by atoms with E-state index in [0.29, 0.717) is 32.6 Å². The maximum atomic E-state index is 14.0. The van der Waals surface area contributed by atoms with E-state index in [4.69, 9.17) is 5.10 Å². The van der Waals surface area contributed by atoms with Crippen molar-refractivity contribution in [3.63, 3.8) is 0 Å². The number of aryl methyl sites for hydroxylation is 2. The normalized spacial score (nSPS) is 19.2. The van der Waals surface area contributed by atoms with Gasteiger partial charge in [0, 0.05) is 45.1 Å². The Kier molecular flexibility index (Phi) is 6.37. The number of hydrogen-bond donors (Lipinski definition) is 0. The number of halogens is 1. The van der Waals surface area contributed by atoms with E-state index in [9.17, 15) is 14.0 Å². The van der Waals surface area contributed by atoms with Crippen LogP contribution in [0.15, 0.2) is 47.6 Å². The Morgan fingerprint density at radius 1 is 1.06 bits per heavy atom. The highest BCUT2D eigenvalue weighted by atomic mass is 19.1. The van der Waals surface area contributed by atoms with Gasteiger partial charge in [0.05, 0.1) is 18.3 Å². The van der Waals surface area contributed by atoms with Gasteiger partial charge in [-0.1, -0.05) is 35.9 Å². The summed E-state index contributed by atoms with van der Waals surface area (Å²) < 4.78 is 14.0. The molecular weight excluding hydrogens is 407 g/mol. The van der Waals surface area contributed by atoms with E-state index < -0.39 is 0 Å². The molecule has 2 heterocycles. The molecule has 7 heteroatoms. The minimum absolute atomic E-state index is 0.0596. The Hall–Kier alpha value is -3.06. The monoisotopic (exact) mass is 436 g/mol. The van der Waals surface area contributed by atoms with E-state index in [1.54, 1.807) is 17.9 Å². The Morgan fingerprint density at radius 3 is 2.47 bits per heavy atom. The SMILES string of the molecule is CC(=O)N1CCN(CC(=O)N2N=C(c3ccc(C)cc3C)CC2c2cccc(F)c2)CC1. The van der Waals surface area contributed by atoms with Gasteiger partial charge in [0.2, 0.25) is 5.91 Å². The van der Waals surface area contributed by atoms with Crippen molar-refractivity contribution in [2.45, 2.75) is 33.2 Å². The summed E-state index contributed by atoms with van der Waals surface area (Å²) in [4.78, 5) is 28.7. The van der Waals surface area contributed by atoms with E-state index in [1.807, 2.05) is 32.0 Å². The standard InChI is InChI=1S/C25H29FN4O2/c1-17-7-8-22(18(2)13-17)23-15-24(20-5-4-6-21(26)14-20)30(27-23)25(32)16-28-9-11-29(12-10-28)19(3)31/h4-8,13-14,24H,9-12,15-16H2,1-3H3. The zero-order valence-electron chi connectivity index (χ0n) is 18.8. The Morgan fingerprint density at radius 2 is 1.81 bits per heavy atom. The maximum Gasteiger partial charge on any atom is 0.257 e. The highest BCUT2D eigenvalue weighted by Crippen LogP contribution is 2.34. The summed E-state index contributed by atoms with van der Waals surface area (Å²) >= 11 is 0. The molecule has 32 heavy (non-hydrogen) atoms. The quantitative estimate of drug-likeness (QED) is 0.739. The number of carbonyl (C=O) groups is 2. The lowest BCUT2D eigenvalue weighted by molar-refractivity contribution is -0.135. The molecule has 4 rings (SSSR count). The average Bonchev–Trinajstić information content (AvgIpc) is 3.19. The number of hydrazone groups is 1. The van der Waals surface area contributed by atoms with Crippen LogP contribution in [0.5, 0.6) is 0 Å². The summed E-state index contributed by atoms with van der Waals surface area (Å²) in [6.45, 7) is 8.42. The smallest absolute Gasteiger partial charge is 0.257 e. The van der Waals surface area contributed by atoms with Crippen LogP contribution < -0.4 is 0 Å². The zero-order valence-corrected chi connectivity index (χ0v) is 18.8. The van der Waals surface area contributed by atoms with Crippen molar-refractivity contribution < 1.29 is 14.0 Å². The number of rotatable bonds is 4. The van der Waals surface area contributed by atoms with Crippen molar-refractivity contribution in [2.75, 3.05) is 32.7 Å². The molecule has 2 aromatic carbocycles. The zero-order chi connectivity index (χ0) is 22.8. The fraction of sp³-hybridized carbons (Fsp3) is 0.400. The Bertz CT molecular complexity index is 1060. The van der Waals surface area contributed by atoms with E-state index >= 15 is 0 Å². The van der Waals surface area contributed by atoms with Crippen LogP contribution in [0.3, 0.4) is 0 Å². The molecule has 2 aliphatic heterocycles. The minimum Gasteiger partial charge on any atom is -0.340 e. The fourth-order valence-corrected chi connectivity index (χ4v) is 4.50. The second kappa shape index (κ2) is 9.20. The van der Waals surface area contributed by atoms with Crippen molar-refractivity contribution in [3.05, 3.63) is 70.5 Å².